The molecular weight excluding hydrogens is 375 g/mol. The number of benzene rings is 1. The average molecular weight is 397 g/mol. The predicted molar refractivity (Wildman–Crippen MR) is 99.9 cm³/mol. The topological polar surface area (TPSA) is 54.0 Å². The number of nitrogens with zero attached hydrogens (tertiary/aromatic N) is 1. The van der Waals surface area contributed by atoms with Crippen LogP contribution in [-0.4, -0.2) is 24.0 Å². The van der Waals surface area contributed by atoms with Crippen molar-refractivity contribution in [2.24, 2.45) is 5.92 Å². The molecule has 27 heavy (non-hydrogen) atoms. The number of aromatic nitrogens is 1. The van der Waals surface area contributed by atoms with E-state index in [4.69, 9.17) is 0 Å². The minimum absolute atomic E-state index is 0.237. The van der Waals surface area contributed by atoms with Crippen molar-refractivity contribution in [2.75, 3.05) is 18.4 Å². The number of hydrogen-bond donors (Lipinski definition) is 2. The highest BCUT2D eigenvalue weighted by molar-refractivity contribution is 7.15. The highest BCUT2D eigenvalue weighted by Gasteiger charge is 2.30. The van der Waals surface area contributed by atoms with Gasteiger partial charge < -0.3 is 10.6 Å². The molecule has 1 aliphatic rings. The molecule has 1 aliphatic heterocycles. The zero-order valence-corrected chi connectivity index (χ0v) is 15.8. The molecule has 4 nitrogen and oxygen atoms in total. The number of carbonyl (C=O) groups is 1. The van der Waals surface area contributed by atoms with Gasteiger partial charge in [0.05, 0.1) is 5.56 Å². The summed E-state index contributed by atoms with van der Waals surface area (Å²) in [5.74, 6) is -0.227. The Hall–Kier alpha value is -1.93. The molecule has 0 spiro atoms. The monoisotopic (exact) mass is 397 g/mol. The summed E-state index contributed by atoms with van der Waals surface area (Å²) in [5, 5.41) is 6.66. The Morgan fingerprint density at radius 2 is 2.11 bits per heavy atom. The van der Waals surface area contributed by atoms with Gasteiger partial charge in [-0.15, -0.1) is 11.3 Å². The molecule has 1 fully saturated rings. The van der Waals surface area contributed by atoms with Gasteiger partial charge in [0, 0.05) is 17.0 Å². The second-order valence-corrected chi connectivity index (χ2v) is 7.95. The van der Waals surface area contributed by atoms with Crippen LogP contribution in [0.5, 0.6) is 0 Å². The minimum Gasteiger partial charge on any atom is -0.317 e. The number of thiazole rings is 1. The van der Waals surface area contributed by atoms with Gasteiger partial charge in [-0.2, -0.15) is 13.2 Å². The number of amides is 1. The van der Waals surface area contributed by atoms with Gasteiger partial charge in [0.1, 0.15) is 0 Å². The second-order valence-electron chi connectivity index (χ2n) is 6.88. The van der Waals surface area contributed by atoms with Crippen LogP contribution >= 0.6 is 11.3 Å². The van der Waals surface area contributed by atoms with Crippen LogP contribution in [0.25, 0.3) is 0 Å². The molecule has 1 unspecified atom stereocenters. The lowest BCUT2D eigenvalue weighted by Gasteiger charge is -2.20. The van der Waals surface area contributed by atoms with Gasteiger partial charge in [0.15, 0.2) is 5.13 Å². The lowest BCUT2D eigenvalue weighted by molar-refractivity contribution is -0.137. The molecule has 8 heteroatoms. The number of nitrogens with one attached hydrogen (secondary N) is 2. The van der Waals surface area contributed by atoms with Crippen molar-refractivity contribution in [3.05, 3.63) is 46.5 Å². The molecule has 2 N–H and O–H groups in total. The summed E-state index contributed by atoms with van der Waals surface area (Å²) >= 11 is 1.48. The molecule has 146 valence electrons. The van der Waals surface area contributed by atoms with Gasteiger partial charge >= 0.3 is 6.18 Å². The highest BCUT2D eigenvalue weighted by Crippen LogP contribution is 2.32. The zero-order valence-electron chi connectivity index (χ0n) is 15.0. The van der Waals surface area contributed by atoms with Crippen molar-refractivity contribution < 1.29 is 18.0 Å². The molecule has 0 aliphatic carbocycles. The molecule has 1 amide bonds. The van der Waals surface area contributed by atoms with E-state index in [0.717, 1.165) is 42.9 Å². The molecule has 0 saturated carbocycles. The van der Waals surface area contributed by atoms with Crippen molar-refractivity contribution in [3.63, 3.8) is 0 Å². The molecule has 3 rings (SSSR count). The number of halogens is 3. The van der Waals surface area contributed by atoms with Crippen LogP contribution in [0.2, 0.25) is 0 Å². The van der Waals surface area contributed by atoms with Crippen molar-refractivity contribution >= 4 is 22.4 Å². The largest absolute Gasteiger partial charge is 0.416 e. The van der Waals surface area contributed by atoms with Gasteiger partial charge in [-0.1, -0.05) is 25.1 Å². The Morgan fingerprint density at radius 3 is 2.81 bits per heavy atom. The first-order valence-corrected chi connectivity index (χ1v) is 9.78. The van der Waals surface area contributed by atoms with Gasteiger partial charge in [-0.05, 0) is 49.9 Å². The summed E-state index contributed by atoms with van der Waals surface area (Å²) in [6.45, 7) is 3.67. The minimum atomic E-state index is -4.38. The molecule has 0 radical (unpaired) electrons. The first kappa shape index (κ1) is 19.8. The van der Waals surface area contributed by atoms with E-state index in [0.29, 0.717) is 16.6 Å². The maximum Gasteiger partial charge on any atom is 0.416 e. The molecule has 2 aromatic rings. The maximum absolute atomic E-state index is 12.8. The Morgan fingerprint density at radius 1 is 1.37 bits per heavy atom. The van der Waals surface area contributed by atoms with Crippen LogP contribution in [0, 0.1) is 5.92 Å². The normalized spacial score (nSPS) is 16.9. The fourth-order valence-corrected chi connectivity index (χ4v) is 4.18. The Labute approximate surface area is 160 Å². The Bertz CT molecular complexity index is 785. The smallest absolute Gasteiger partial charge is 0.317 e. The molecule has 1 saturated heterocycles. The van der Waals surface area contributed by atoms with Crippen molar-refractivity contribution in [3.8, 4) is 0 Å². The summed E-state index contributed by atoms with van der Waals surface area (Å²) in [6, 6.07) is 5.11. The lowest BCUT2D eigenvalue weighted by Crippen LogP contribution is -2.26. The lowest BCUT2D eigenvalue weighted by atomic mass is 9.97. The number of hydrogen-bond acceptors (Lipinski definition) is 4. The summed E-state index contributed by atoms with van der Waals surface area (Å²) in [7, 11) is 0. The molecule has 0 bridgehead atoms. The summed E-state index contributed by atoms with van der Waals surface area (Å²) < 4.78 is 38.5. The quantitative estimate of drug-likeness (QED) is 0.784. The predicted octanol–water partition coefficient (Wildman–Crippen LogP) is 4.45. The van der Waals surface area contributed by atoms with E-state index in [1.165, 1.54) is 17.4 Å². The average Bonchev–Trinajstić information content (AvgIpc) is 3.10. The van der Waals surface area contributed by atoms with E-state index in [-0.39, 0.29) is 12.3 Å². The van der Waals surface area contributed by atoms with E-state index in [1.807, 2.05) is 6.20 Å². The standard InChI is InChI=1S/C19H22F3N3OS/c1-12(9-13-3-2-4-15(10-13)19(20,21)22)17(26)25-18-24-11-16(27-18)14-5-7-23-8-6-14/h2-4,10-12,14,23H,5-9H2,1H3,(H,24,25,26). The first-order valence-electron chi connectivity index (χ1n) is 8.96. The van der Waals surface area contributed by atoms with Crippen LogP contribution in [-0.2, 0) is 17.4 Å². The van der Waals surface area contributed by atoms with Gasteiger partial charge in [-0.25, -0.2) is 4.98 Å². The SMILES string of the molecule is CC(Cc1cccc(C(F)(F)F)c1)C(=O)Nc1ncc(C2CCNCC2)s1. The third-order valence-electron chi connectivity index (χ3n) is 4.74. The van der Waals surface area contributed by atoms with Gasteiger partial charge in [-0.3, -0.25) is 4.79 Å². The fraction of sp³-hybridized carbons (Fsp3) is 0.474. The maximum atomic E-state index is 12.8. The second kappa shape index (κ2) is 8.39. The van der Waals surface area contributed by atoms with E-state index < -0.39 is 17.7 Å². The molecular formula is C19H22F3N3OS. The van der Waals surface area contributed by atoms with Crippen LogP contribution < -0.4 is 10.6 Å². The highest BCUT2D eigenvalue weighted by atomic mass is 32.1. The van der Waals surface area contributed by atoms with Crippen molar-refractivity contribution in [2.45, 2.75) is 38.3 Å². The first-order chi connectivity index (χ1) is 12.8. The van der Waals surface area contributed by atoms with E-state index in [1.54, 1.807) is 13.0 Å². The van der Waals surface area contributed by atoms with Crippen LogP contribution in [0.15, 0.2) is 30.5 Å². The van der Waals surface area contributed by atoms with E-state index in [2.05, 4.69) is 15.6 Å². The van der Waals surface area contributed by atoms with Crippen LogP contribution in [0.4, 0.5) is 18.3 Å². The molecule has 2 heterocycles. The number of alkyl halides is 3. The number of anilines is 1. The van der Waals surface area contributed by atoms with E-state index in [9.17, 15) is 18.0 Å². The fourth-order valence-electron chi connectivity index (χ4n) is 3.19. The molecule has 1 atom stereocenters. The Kier molecular flexibility index (Phi) is 6.16. The molecule has 1 aromatic heterocycles. The Balaban J connectivity index is 1.59. The summed E-state index contributed by atoms with van der Waals surface area (Å²) in [6.07, 6.45) is -0.216. The zero-order chi connectivity index (χ0) is 19.4. The number of rotatable bonds is 5. The third kappa shape index (κ3) is 5.29. The van der Waals surface area contributed by atoms with E-state index >= 15 is 0 Å². The number of piperidine rings is 1. The summed E-state index contributed by atoms with van der Waals surface area (Å²) in [4.78, 5) is 17.9. The van der Waals surface area contributed by atoms with Crippen molar-refractivity contribution in [1.82, 2.24) is 10.3 Å². The summed E-state index contributed by atoms with van der Waals surface area (Å²) in [5.41, 5.74) is -0.207. The van der Waals surface area contributed by atoms with Gasteiger partial charge in [0.2, 0.25) is 5.91 Å². The third-order valence-corrected chi connectivity index (χ3v) is 5.81. The van der Waals surface area contributed by atoms with Crippen LogP contribution in [0.1, 0.15) is 41.7 Å². The van der Waals surface area contributed by atoms with Crippen LogP contribution in [0.3, 0.4) is 0 Å². The van der Waals surface area contributed by atoms with Gasteiger partial charge in [0.25, 0.3) is 0 Å². The molecule has 1 aromatic carbocycles. The van der Waals surface area contributed by atoms with Crippen molar-refractivity contribution in [1.29, 1.82) is 0 Å². The number of carbonyl (C=O) groups excluding carboxylic acids is 1.